The molecule has 1 N–H and O–H groups in total. The Morgan fingerprint density at radius 3 is 2.60 bits per heavy atom. The zero-order valence-electron chi connectivity index (χ0n) is 24.8. The minimum absolute atomic E-state index is 0.000731. The predicted octanol–water partition coefficient (Wildman–Crippen LogP) is 5.10. The van der Waals surface area contributed by atoms with Crippen LogP contribution in [0.5, 0.6) is 11.8 Å². The van der Waals surface area contributed by atoms with Gasteiger partial charge in [-0.15, -0.1) is 0 Å². The number of rotatable bonds is 9. The van der Waals surface area contributed by atoms with Gasteiger partial charge in [0.25, 0.3) is 0 Å². The Labute approximate surface area is 249 Å². The number of fused-ring (bicyclic) bond motifs is 2. The van der Waals surface area contributed by atoms with Gasteiger partial charge in [-0.3, -0.25) is 9.88 Å². The van der Waals surface area contributed by atoms with E-state index in [1.54, 1.807) is 24.4 Å². The normalized spacial score (nSPS) is 19.4. The van der Waals surface area contributed by atoms with Gasteiger partial charge < -0.3 is 24.2 Å². The second-order valence-electron chi connectivity index (χ2n) is 11.4. The van der Waals surface area contributed by atoms with Crippen LogP contribution in [0.2, 0.25) is 0 Å². The molecule has 2 aliphatic heterocycles. The van der Waals surface area contributed by atoms with Crippen molar-refractivity contribution >= 4 is 27.5 Å². The van der Waals surface area contributed by atoms with Gasteiger partial charge in [0, 0.05) is 44.5 Å². The molecule has 9 nitrogen and oxygen atoms in total. The number of pyridine rings is 1. The standard InChI is InChI=1S/C32H37F2N5O4/c1-4-23-26(33)9-8-19-12-22(43-18-41-3)14-24(27(19)23)29-28(34)30-25(15-35-29)31(39-10-6-5-7-11-39)37-32(36-30)42-17-20-13-21(40)16-38(20)2/h8-9,12,14-15,20-21,40H,4-7,10-11,13,16-18H2,1-3H3/t20-,21+/m0/s1. The van der Waals surface area contributed by atoms with Crippen LogP contribution in [0.25, 0.3) is 32.9 Å². The van der Waals surface area contributed by atoms with Crippen molar-refractivity contribution in [1.82, 2.24) is 19.9 Å². The lowest BCUT2D eigenvalue weighted by Crippen LogP contribution is -2.32. The number of aryl methyl sites for hydroxylation is 1. The molecule has 0 aliphatic carbocycles. The van der Waals surface area contributed by atoms with Crippen molar-refractivity contribution in [3.63, 3.8) is 0 Å². The maximum Gasteiger partial charge on any atom is 0.319 e. The number of piperidine rings is 1. The summed E-state index contributed by atoms with van der Waals surface area (Å²) in [6.45, 7) is 4.27. The quantitative estimate of drug-likeness (QED) is 0.266. The van der Waals surface area contributed by atoms with Gasteiger partial charge in [-0.05, 0) is 73.7 Å². The van der Waals surface area contributed by atoms with Crippen molar-refractivity contribution in [1.29, 1.82) is 0 Å². The number of β-amino-alcohol motifs (C(OH)–C–C–N with tert-alkyl or cyclic N) is 1. The number of anilines is 1. The van der Waals surface area contributed by atoms with E-state index < -0.39 is 11.9 Å². The number of likely N-dealkylation sites (tertiary alicyclic amines) is 1. The number of hydrogen-bond donors (Lipinski definition) is 1. The van der Waals surface area contributed by atoms with Gasteiger partial charge in [-0.25, -0.2) is 8.78 Å². The summed E-state index contributed by atoms with van der Waals surface area (Å²) in [7, 11) is 3.45. The molecule has 0 saturated carbocycles. The van der Waals surface area contributed by atoms with Crippen LogP contribution in [0.1, 0.15) is 38.2 Å². The molecule has 2 aromatic heterocycles. The van der Waals surface area contributed by atoms with Gasteiger partial charge >= 0.3 is 6.01 Å². The van der Waals surface area contributed by atoms with Crippen LogP contribution < -0.4 is 14.4 Å². The SMILES string of the molecule is CCc1c(F)ccc2cc(OCOC)cc(-c3ncc4c(N5CCCCC5)nc(OC[C@@H]5C[C@@H](O)CN5C)nc4c3F)c12. The van der Waals surface area contributed by atoms with E-state index in [0.29, 0.717) is 58.2 Å². The molecule has 228 valence electrons. The second-order valence-corrected chi connectivity index (χ2v) is 11.4. The van der Waals surface area contributed by atoms with Gasteiger partial charge in [0.05, 0.1) is 11.5 Å². The van der Waals surface area contributed by atoms with E-state index in [-0.39, 0.29) is 42.5 Å². The summed E-state index contributed by atoms with van der Waals surface area (Å²) in [5.74, 6) is 0.0195. The average Bonchev–Trinajstić information content (AvgIpc) is 3.35. The number of halogens is 2. The second kappa shape index (κ2) is 12.5. The monoisotopic (exact) mass is 593 g/mol. The first-order valence-corrected chi connectivity index (χ1v) is 14.9. The van der Waals surface area contributed by atoms with Gasteiger partial charge in [-0.2, -0.15) is 9.97 Å². The number of benzene rings is 2. The molecule has 2 saturated heterocycles. The highest BCUT2D eigenvalue weighted by Crippen LogP contribution is 2.39. The van der Waals surface area contributed by atoms with Crippen molar-refractivity contribution in [2.45, 2.75) is 51.2 Å². The summed E-state index contributed by atoms with van der Waals surface area (Å²) in [5.41, 5.74) is 0.993. The molecule has 2 fully saturated rings. The number of methoxy groups -OCH3 is 1. The fourth-order valence-corrected chi connectivity index (χ4v) is 6.27. The minimum Gasteiger partial charge on any atom is -0.468 e. The lowest BCUT2D eigenvalue weighted by molar-refractivity contribution is 0.0512. The highest BCUT2D eigenvalue weighted by Gasteiger charge is 2.29. The topological polar surface area (TPSA) is 93.1 Å². The fourth-order valence-electron chi connectivity index (χ4n) is 6.27. The Bertz CT molecular complexity index is 1630. The summed E-state index contributed by atoms with van der Waals surface area (Å²) < 4.78 is 48.7. The molecule has 4 aromatic rings. The van der Waals surface area contributed by atoms with Crippen molar-refractivity contribution in [3.05, 3.63) is 47.7 Å². The molecule has 0 unspecified atom stereocenters. The number of likely N-dealkylation sites (N-methyl/N-ethyl adjacent to an activating group) is 1. The molecule has 0 amide bonds. The molecule has 2 aromatic carbocycles. The highest BCUT2D eigenvalue weighted by atomic mass is 19.1. The lowest BCUT2D eigenvalue weighted by atomic mass is 9.94. The Kier molecular flexibility index (Phi) is 8.56. The van der Waals surface area contributed by atoms with Crippen LogP contribution in [0.4, 0.5) is 14.6 Å². The molecule has 4 heterocycles. The largest absolute Gasteiger partial charge is 0.468 e. The van der Waals surface area contributed by atoms with Crippen LogP contribution in [0, 0.1) is 11.6 Å². The maximum atomic E-state index is 16.8. The van der Waals surface area contributed by atoms with E-state index in [2.05, 4.69) is 14.9 Å². The van der Waals surface area contributed by atoms with Crippen LogP contribution in [-0.2, 0) is 11.2 Å². The zero-order valence-corrected chi connectivity index (χ0v) is 24.8. The number of ether oxygens (including phenoxy) is 3. The molecule has 6 rings (SSSR count). The Morgan fingerprint density at radius 2 is 1.88 bits per heavy atom. The maximum absolute atomic E-state index is 16.8. The third-order valence-corrected chi connectivity index (χ3v) is 8.46. The minimum atomic E-state index is -0.645. The zero-order chi connectivity index (χ0) is 30.1. The Morgan fingerprint density at radius 1 is 1.07 bits per heavy atom. The summed E-state index contributed by atoms with van der Waals surface area (Å²) in [4.78, 5) is 18.0. The molecule has 11 heteroatoms. The first kappa shape index (κ1) is 29.4. The van der Waals surface area contributed by atoms with Crippen LogP contribution in [0.15, 0.2) is 30.5 Å². The number of aromatic nitrogens is 3. The number of nitrogens with zero attached hydrogens (tertiary/aromatic N) is 5. The number of aliphatic hydroxyl groups excluding tert-OH is 1. The molecule has 0 bridgehead atoms. The number of aliphatic hydroxyl groups is 1. The summed E-state index contributed by atoms with van der Waals surface area (Å²) in [6, 6.07) is 6.59. The molecular formula is C32H37F2N5O4. The van der Waals surface area contributed by atoms with Crippen molar-refractivity contribution in [2.75, 3.05) is 52.1 Å². The fraction of sp³-hybridized carbons (Fsp3) is 0.469. The van der Waals surface area contributed by atoms with Gasteiger partial charge in [0.2, 0.25) is 0 Å². The summed E-state index contributed by atoms with van der Waals surface area (Å²) in [5, 5.41) is 11.8. The van der Waals surface area contributed by atoms with Crippen LogP contribution in [0.3, 0.4) is 0 Å². The molecular weight excluding hydrogens is 556 g/mol. The van der Waals surface area contributed by atoms with E-state index >= 15 is 8.78 Å². The third-order valence-electron chi connectivity index (χ3n) is 8.46. The van der Waals surface area contributed by atoms with Gasteiger partial charge in [-0.1, -0.05) is 13.0 Å². The van der Waals surface area contributed by atoms with Crippen molar-refractivity contribution in [3.8, 4) is 23.0 Å². The van der Waals surface area contributed by atoms with E-state index in [9.17, 15) is 5.11 Å². The van der Waals surface area contributed by atoms with Crippen molar-refractivity contribution < 1.29 is 28.1 Å². The molecule has 0 radical (unpaired) electrons. The molecule has 2 aliphatic rings. The Balaban J connectivity index is 1.51. The third kappa shape index (κ3) is 5.81. The van der Waals surface area contributed by atoms with E-state index in [1.165, 1.54) is 13.2 Å². The summed E-state index contributed by atoms with van der Waals surface area (Å²) >= 11 is 0. The lowest BCUT2D eigenvalue weighted by Gasteiger charge is -2.29. The molecule has 0 spiro atoms. The number of hydrogen-bond acceptors (Lipinski definition) is 9. The van der Waals surface area contributed by atoms with Crippen LogP contribution in [-0.4, -0.2) is 84.3 Å². The van der Waals surface area contributed by atoms with Gasteiger partial charge in [0.15, 0.2) is 12.6 Å². The van der Waals surface area contributed by atoms with Crippen LogP contribution >= 0.6 is 0 Å². The smallest absolute Gasteiger partial charge is 0.319 e. The summed E-state index contributed by atoms with van der Waals surface area (Å²) in [6.07, 6.45) is 5.31. The molecule has 2 atom stereocenters. The first-order chi connectivity index (χ1) is 20.9. The highest BCUT2D eigenvalue weighted by molar-refractivity contribution is 6.01. The van der Waals surface area contributed by atoms with Crippen molar-refractivity contribution in [2.24, 2.45) is 0 Å². The Hall–Kier alpha value is -3.67. The van der Waals surface area contributed by atoms with E-state index in [1.807, 2.05) is 18.9 Å². The van der Waals surface area contributed by atoms with E-state index in [0.717, 1.165) is 32.4 Å². The van der Waals surface area contributed by atoms with E-state index in [4.69, 9.17) is 19.2 Å². The van der Waals surface area contributed by atoms with Gasteiger partial charge in [0.1, 0.15) is 35.2 Å². The predicted molar refractivity (Wildman–Crippen MR) is 161 cm³/mol. The first-order valence-electron chi connectivity index (χ1n) is 14.9. The molecule has 43 heavy (non-hydrogen) atoms. The average molecular weight is 594 g/mol.